The molecule has 6 nitrogen and oxygen atoms in total. The van der Waals surface area contributed by atoms with Crippen molar-refractivity contribution in [2.75, 3.05) is 19.0 Å². The summed E-state index contributed by atoms with van der Waals surface area (Å²) >= 11 is 1.31. The molecular weight excluding hydrogens is 307 g/mol. The number of nitrogens with one attached hydrogen (secondary N) is 1. The minimum Gasteiger partial charge on any atom is -0.494 e. The minimum absolute atomic E-state index is 0.107. The van der Waals surface area contributed by atoms with Crippen molar-refractivity contribution in [3.05, 3.63) is 35.4 Å². The molecule has 8 heteroatoms. The Hall–Kier alpha value is -2.22. The molecule has 0 radical (unpaired) electrons. The van der Waals surface area contributed by atoms with Crippen LogP contribution >= 0.6 is 11.5 Å². The fourth-order valence-corrected chi connectivity index (χ4v) is 2.70. The number of anilines is 1. The molecule has 116 valence electrons. The van der Waals surface area contributed by atoms with E-state index in [1.54, 1.807) is 12.1 Å². The number of hydrogen-bond acceptors (Lipinski definition) is 7. The Balaban J connectivity index is 1.58. The molecule has 1 aromatic heterocycles. The average Bonchev–Trinajstić information content (AvgIpc) is 3.14. The van der Waals surface area contributed by atoms with Crippen LogP contribution in [-0.4, -0.2) is 34.8 Å². The summed E-state index contributed by atoms with van der Waals surface area (Å²) in [5.74, 6) is 0.548. The topological polar surface area (TPSA) is 68.6 Å². The Kier molecular flexibility index (Phi) is 4.19. The van der Waals surface area contributed by atoms with Crippen molar-refractivity contribution in [2.45, 2.75) is 19.4 Å². The van der Waals surface area contributed by atoms with Crippen molar-refractivity contribution in [1.29, 1.82) is 0 Å². The molecule has 1 aromatic carbocycles. The van der Waals surface area contributed by atoms with Crippen LogP contribution < -0.4 is 10.1 Å². The predicted octanol–water partition coefficient (Wildman–Crippen LogP) is 2.60. The predicted molar refractivity (Wildman–Crippen MR) is 82.1 cm³/mol. The summed E-state index contributed by atoms with van der Waals surface area (Å²) in [6.07, 6.45) is 0.501. The number of hydrogen-bond donors (Lipinski definition) is 1. The van der Waals surface area contributed by atoms with Gasteiger partial charge >= 0.3 is 0 Å². The van der Waals surface area contributed by atoms with Crippen LogP contribution in [0.2, 0.25) is 0 Å². The highest BCUT2D eigenvalue weighted by Crippen LogP contribution is 2.22. The lowest BCUT2D eigenvalue weighted by atomic mass is 10.0. The molecule has 2 aromatic rings. The lowest BCUT2D eigenvalue weighted by Gasteiger charge is -2.08. The third-order valence-electron chi connectivity index (χ3n) is 3.23. The Bertz CT molecular complexity index is 704. The molecule has 1 aliphatic heterocycles. The van der Waals surface area contributed by atoms with Crippen LogP contribution in [0.15, 0.2) is 23.4 Å². The number of oxime groups is 1. The van der Waals surface area contributed by atoms with Crippen molar-refractivity contribution >= 4 is 22.4 Å². The van der Waals surface area contributed by atoms with Crippen LogP contribution in [0, 0.1) is 12.7 Å². The summed E-state index contributed by atoms with van der Waals surface area (Å²) in [5.41, 5.74) is 1.43. The zero-order valence-corrected chi connectivity index (χ0v) is 13.0. The Morgan fingerprint density at radius 1 is 1.50 bits per heavy atom. The lowest BCUT2D eigenvalue weighted by molar-refractivity contribution is 0.0949. The van der Waals surface area contributed by atoms with Gasteiger partial charge < -0.3 is 14.9 Å². The maximum atomic E-state index is 13.7. The molecule has 22 heavy (non-hydrogen) atoms. The first kappa shape index (κ1) is 14.7. The summed E-state index contributed by atoms with van der Waals surface area (Å²) in [6.45, 7) is 2.41. The summed E-state index contributed by atoms with van der Waals surface area (Å²) in [4.78, 5) is 9.59. The molecule has 3 rings (SSSR count). The molecule has 1 unspecified atom stereocenters. The normalized spacial score (nSPS) is 17.0. The van der Waals surface area contributed by atoms with E-state index in [1.807, 2.05) is 6.92 Å². The van der Waals surface area contributed by atoms with Gasteiger partial charge in [-0.15, -0.1) is 0 Å². The first-order valence-electron chi connectivity index (χ1n) is 6.76. The van der Waals surface area contributed by atoms with E-state index in [0.29, 0.717) is 18.5 Å². The quantitative estimate of drug-likeness (QED) is 0.916. The summed E-state index contributed by atoms with van der Waals surface area (Å²) in [6, 6.07) is 4.77. The number of ether oxygens (including phenoxy) is 1. The third kappa shape index (κ3) is 3.16. The van der Waals surface area contributed by atoms with E-state index in [0.717, 1.165) is 16.7 Å². The second-order valence-electron chi connectivity index (χ2n) is 4.85. The van der Waals surface area contributed by atoms with E-state index in [4.69, 9.17) is 9.57 Å². The van der Waals surface area contributed by atoms with Crippen LogP contribution in [0.5, 0.6) is 5.75 Å². The van der Waals surface area contributed by atoms with Gasteiger partial charge in [-0.25, -0.2) is 9.37 Å². The average molecular weight is 322 g/mol. The number of rotatable bonds is 5. The largest absolute Gasteiger partial charge is 0.494 e. The van der Waals surface area contributed by atoms with E-state index >= 15 is 0 Å². The highest BCUT2D eigenvalue weighted by atomic mass is 32.1. The molecule has 0 aliphatic carbocycles. The highest BCUT2D eigenvalue weighted by Gasteiger charge is 2.23. The zero-order valence-electron chi connectivity index (χ0n) is 12.2. The van der Waals surface area contributed by atoms with Gasteiger partial charge in [-0.2, -0.15) is 4.37 Å². The number of halogens is 1. The van der Waals surface area contributed by atoms with Crippen molar-refractivity contribution < 1.29 is 14.0 Å². The first-order chi connectivity index (χ1) is 10.7. The zero-order chi connectivity index (χ0) is 15.5. The summed E-state index contributed by atoms with van der Waals surface area (Å²) in [5, 5.41) is 7.95. The molecule has 1 aliphatic rings. The molecule has 0 saturated heterocycles. The summed E-state index contributed by atoms with van der Waals surface area (Å²) in [7, 11) is 1.44. The van der Waals surface area contributed by atoms with E-state index in [9.17, 15) is 4.39 Å². The van der Waals surface area contributed by atoms with Crippen molar-refractivity contribution in [3.63, 3.8) is 0 Å². The molecule has 1 atom stereocenters. The Morgan fingerprint density at radius 3 is 3.05 bits per heavy atom. The van der Waals surface area contributed by atoms with Crippen molar-refractivity contribution in [2.24, 2.45) is 5.16 Å². The monoisotopic (exact) mass is 322 g/mol. The van der Waals surface area contributed by atoms with Crippen molar-refractivity contribution in [1.82, 2.24) is 9.36 Å². The van der Waals surface area contributed by atoms with Crippen LogP contribution in [0.1, 0.15) is 17.8 Å². The minimum atomic E-state index is -0.409. The molecule has 1 N–H and O–H groups in total. The van der Waals surface area contributed by atoms with Gasteiger partial charge in [0.2, 0.25) is 5.13 Å². The Morgan fingerprint density at radius 2 is 2.36 bits per heavy atom. The number of aromatic nitrogens is 2. The summed E-state index contributed by atoms with van der Waals surface area (Å²) < 4.78 is 22.7. The van der Waals surface area contributed by atoms with Crippen LogP contribution in [0.3, 0.4) is 0 Å². The maximum Gasteiger partial charge on any atom is 0.202 e. The van der Waals surface area contributed by atoms with E-state index in [2.05, 4.69) is 19.8 Å². The van der Waals surface area contributed by atoms with E-state index in [-0.39, 0.29) is 11.9 Å². The molecule has 0 spiro atoms. The number of benzene rings is 1. The Labute approximate surface area is 131 Å². The molecule has 0 bridgehead atoms. The molecule has 0 amide bonds. The second kappa shape index (κ2) is 6.27. The molecular formula is C14H15FN4O2S. The SMILES string of the molecule is COc1ccc(C2=NOC(CNc3nc(C)ns3)C2)cc1F. The number of aryl methyl sites for hydroxylation is 1. The highest BCUT2D eigenvalue weighted by molar-refractivity contribution is 7.09. The van der Waals surface area contributed by atoms with Gasteiger partial charge in [-0.3, -0.25) is 0 Å². The maximum absolute atomic E-state index is 13.7. The van der Waals surface area contributed by atoms with Crippen LogP contribution in [-0.2, 0) is 4.84 Å². The first-order valence-corrected chi connectivity index (χ1v) is 7.54. The smallest absolute Gasteiger partial charge is 0.202 e. The number of methoxy groups -OCH3 is 1. The lowest BCUT2D eigenvalue weighted by Crippen LogP contribution is -2.20. The van der Waals surface area contributed by atoms with Gasteiger partial charge in [0, 0.05) is 23.5 Å². The van der Waals surface area contributed by atoms with Gasteiger partial charge in [0.05, 0.1) is 19.4 Å². The van der Waals surface area contributed by atoms with Crippen molar-refractivity contribution in [3.8, 4) is 5.75 Å². The van der Waals surface area contributed by atoms with Crippen LogP contribution in [0.25, 0.3) is 0 Å². The van der Waals surface area contributed by atoms with Gasteiger partial charge in [0.1, 0.15) is 11.9 Å². The van der Waals surface area contributed by atoms with Gasteiger partial charge in [0.15, 0.2) is 11.6 Å². The van der Waals surface area contributed by atoms with Gasteiger partial charge in [-0.1, -0.05) is 5.16 Å². The molecule has 0 saturated carbocycles. The van der Waals surface area contributed by atoms with Crippen LogP contribution in [0.4, 0.5) is 9.52 Å². The fraction of sp³-hybridized carbons (Fsp3) is 0.357. The fourth-order valence-electron chi connectivity index (χ4n) is 2.12. The number of nitrogens with zero attached hydrogens (tertiary/aromatic N) is 3. The van der Waals surface area contributed by atoms with Gasteiger partial charge in [0.25, 0.3) is 0 Å². The third-order valence-corrected chi connectivity index (χ3v) is 3.99. The van der Waals surface area contributed by atoms with E-state index < -0.39 is 5.82 Å². The van der Waals surface area contributed by atoms with E-state index in [1.165, 1.54) is 24.7 Å². The molecule has 0 fully saturated rings. The van der Waals surface area contributed by atoms with Gasteiger partial charge in [-0.05, 0) is 25.1 Å². The molecule has 2 heterocycles. The second-order valence-corrected chi connectivity index (χ2v) is 5.60. The standard InChI is InChI=1S/C14H15FN4O2S/c1-8-17-14(22-19-8)16-7-10-6-12(18-21-10)9-3-4-13(20-2)11(15)5-9/h3-5,10H,6-7H2,1-2H3,(H,16,17,19).